The van der Waals surface area contributed by atoms with E-state index in [1.165, 1.54) is 0 Å². The molecule has 1 aromatic rings. The zero-order valence-corrected chi connectivity index (χ0v) is 33.2. The topological polar surface area (TPSA) is 146 Å². The molecule has 0 aliphatic rings. The molecule has 0 saturated carbocycles. The standard InChI is InChI=1S/C36H69NO13Si/c1-36(2,3)51(4,5)50-33-31-48-29-27-46-25-23-44-21-19-42-17-15-40-13-11-38-10-12-39-14-16-41-18-20-43-22-24-45-26-28-47-30-32-49-35-8-6-34(37)7-9-35/h6-9H,10-33,37H2,1-5H3. The van der Waals surface area contributed by atoms with Crippen molar-refractivity contribution in [2.24, 2.45) is 0 Å². The number of anilines is 1. The van der Waals surface area contributed by atoms with Crippen LogP contribution in [0, 0.1) is 0 Å². The molecule has 0 spiro atoms. The van der Waals surface area contributed by atoms with Crippen LogP contribution in [0.25, 0.3) is 0 Å². The summed E-state index contributed by atoms with van der Waals surface area (Å²) in [6.07, 6.45) is 0. The van der Waals surface area contributed by atoms with E-state index >= 15 is 0 Å². The quantitative estimate of drug-likeness (QED) is 0.0593. The van der Waals surface area contributed by atoms with Crippen LogP contribution in [0.2, 0.25) is 18.1 Å². The van der Waals surface area contributed by atoms with Gasteiger partial charge in [0, 0.05) is 5.69 Å². The Morgan fingerprint density at radius 1 is 0.392 bits per heavy atom. The van der Waals surface area contributed by atoms with Gasteiger partial charge in [0.15, 0.2) is 8.32 Å². The molecule has 0 bridgehead atoms. The van der Waals surface area contributed by atoms with Gasteiger partial charge in [-0.05, 0) is 42.4 Å². The highest BCUT2D eigenvalue weighted by molar-refractivity contribution is 6.74. The van der Waals surface area contributed by atoms with Crippen LogP contribution in [-0.4, -0.2) is 167 Å². The number of hydrogen-bond donors (Lipinski definition) is 1. The molecule has 51 heavy (non-hydrogen) atoms. The second-order valence-corrected chi connectivity index (χ2v) is 17.6. The van der Waals surface area contributed by atoms with Gasteiger partial charge in [0.2, 0.25) is 0 Å². The van der Waals surface area contributed by atoms with Crippen LogP contribution < -0.4 is 10.5 Å². The van der Waals surface area contributed by atoms with Crippen molar-refractivity contribution in [2.45, 2.75) is 38.9 Å². The Morgan fingerprint density at radius 2 is 0.627 bits per heavy atom. The molecule has 0 saturated heterocycles. The van der Waals surface area contributed by atoms with E-state index < -0.39 is 8.32 Å². The van der Waals surface area contributed by atoms with Crippen molar-refractivity contribution in [1.29, 1.82) is 0 Å². The van der Waals surface area contributed by atoms with E-state index in [1.54, 1.807) is 12.1 Å². The average molecular weight is 752 g/mol. The van der Waals surface area contributed by atoms with Gasteiger partial charge in [-0.15, -0.1) is 0 Å². The fourth-order valence-corrected chi connectivity index (χ4v) is 4.68. The maximum Gasteiger partial charge on any atom is 0.192 e. The third-order valence-electron chi connectivity index (χ3n) is 7.59. The lowest BCUT2D eigenvalue weighted by Gasteiger charge is -2.36. The van der Waals surface area contributed by atoms with Gasteiger partial charge in [-0.2, -0.15) is 0 Å². The van der Waals surface area contributed by atoms with Gasteiger partial charge >= 0.3 is 0 Å². The summed E-state index contributed by atoms with van der Waals surface area (Å²) in [5.74, 6) is 0.772. The second-order valence-electron chi connectivity index (χ2n) is 12.8. The number of nitrogen functional groups attached to an aromatic ring is 1. The summed E-state index contributed by atoms with van der Waals surface area (Å²) in [6.45, 7) is 23.7. The molecule has 0 amide bonds. The van der Waals surface area contributed by atoms with Crippen molar-refractivity contribution in [2.75, 3.05) is 164 Å². The minimum atomic E-state index is -1.70. The van der Waals surface area contributed by atoms with Crippen LogP contribution in [0.15, 0.2) is 24.3 Å². The summed E-state index contributed by atoms with van der Waals surface area (Å²) < 4.78 is 72.2. The van der Waals surface area contributed by atoms with Crippen molar-refractivity contribution < 1.29 is 61.3 Å². The Morgan fingerprint density at radius 3 is 0.882 bits per heavy atom. The molecule has 0 heterocycles. The monoisotopic (exact) mass is 751 g/mol. The van der Waals surface area contributed by atoms with E-state index in [2.05, 4.69) is 33.9 Å². The second kappa shape index (κ2) is 33.1. The van der Waals surface area contributed by atoms with Crippen LogP contribution in [0.5, 0.6) is 5.75 Å². The third-order valence-corrected chi connectivity index (χ3v) is 12.1. The van der Waals surface area contributed by atoms with E-state index in [9.17, 15) is 0 Å². The molecule has 0 radical (unpaired) electrons. The Labute approximate surface area is 308 Å². The molecule has 0 aliphatic carbocycles. The smallest absolute Gasteiger partial charge is 0.192 e. The molecular formula is C36H69NO13Si. The molecule has 2 N–H and O–H groups in total. The van der Waals surface area contributed by atoms with Crippen LogP contribution in [0.3, 0.4) is 0 Å². The van der Waals surface area contributed by atoms with Gasteiger partial charge in [-0.1, -0.05) is 20.8 Å². The lowest BCUT2D eigenvalue weighted by atomic mass is 10.2. The van der Waals surface area contributed by atoms with Crippen LogP contribution in [0.1, 0.15) is 20.8 Å². The normalized spacial score (nSPS) is 12.2. The molecular weight excluding hydrogens is 682 g/mol. The minimum absolute atomic E-state index is 0.215. The predicted molar refractivity (Wildman–Crippen MR) is 199 cm³/mol. The van der Waals surface area contributed by atoms with Crippen molar-refractivity contribution in [1.82, 2.24) is 0 Å². The van der Waals surface area contributed by atoms with E-state index in [-0.39, 0.29) is 5.04 Å². The fourth-order valence-electron chi connectivity index (χ4n) is 3.66. The molecule has 0 aromatic heterocycles. The lowest BCUT2D eigenvalue weighted by Crippen LogP contribution is -2.41. The largest absolute Gasteiger partial charge is 0.491 e. The molecule has 15 heteroatoms. The lowest BCUT2D eigenvalue weighted by molar-refractivity contribution is -0.0279. The summed E-state index contributed by atoms with van der Waals surface area (Å²) >= 11 is 0. The first-order valence-electron chi connectivity index (χ1n) is 18.2. The first-order valence-corrected chi connectivity index (χ1v) is 21.1. The zero-order chi connectivity index (χ0) is 37.1. The zero-order valence-electron chi connectivity index (χ0n) is 32.2. The number of ether oxygens (including phenoxy) is 12. The highest BCUT2D eigenvalue weighted by atomic mass is 28.4. The van der Waals surface area contributed by atoms with Crippen molar-refractivity contribution in [3.8, 4) is 5.75 Å². The van der Waals surface area contributed by atoms with Gasteiger partial charge < -0.3 is 67.0 Å². The van der Waals surface area contributed by atoms with Crippen LogP contribution in [0.4, 0.5) is 5.69 Å². The summed E-state index contributed by atoms with van der Waals surface area (Å²) in [7, 11) is -1.70. The molecule has 0 unspecified atom stereocenters. The highest BCUT2D eigenvalue weighted by Gasteiger charge is 2.36. The number of rotatable bonds is 38. The first-order chi connectivity index (χ1) is 24.7. The summed E-state index contributed by atoms with van der Waals surface area (Å²) in [5, 5.41) is 0.215. The van der Waals surface area contributed by atoms with Crippen molar-refractivity contribution >= 4 is 14.0 Å². The molecule has 14 nitrogen and oxygen atoms in total. The summed E-state index contributed by atoms with van der Waals surface area (Å²) in [4.78, 5) is 0. The maximum absolute atomic E-state index is 6.08. The Kier molecular flexibility index (Phi) is 30.9. The average Bonchev–Trinajstić information content (AvgIpc) is 3.10. The molecule has 0 fully saturated rings. The number of nitrogens with two attached hydrogens (primary N) is 1. The van der Waals surface area contributed by atoms with E-state index in [0.29, 0.717) is 164 Å². The molecule has 1 rings (SSSR count). The SMILES string of the molecule is CC(C)(C)[Si](C)(C)OCCOCCOCCOCCOCCOCCOCCOCCOCCOCCOCCOCCOc1ccc(N)cc1. The van der Waals surface area contributed by atoms with Crippen LogP contribution >= 0.6 is 0 Å². The first kappa shape index (κ1) is 47.6. The fraction of sp³-hybridized carbons (Fsp3) is 0.833. The predicted octanol–water partition coefficient (Wildman–Crippen LogP) is 3.85. The van der Waals surface area contributed by atoms with Gasteiger partial charge in [-0.3, -0.25) is 0 Å². The van der Waals surface area contributed by atoms with Gasteiger partial charge in [0.25, 0.3) is 0 Å². The molecule has 300 valence electrons. The Hall–Kier alpha value is -1.44. The maximum atomic E-state index is 6.08. The summed E-state index contributed by atoms with van der Waals surface area (Å²) in [5.41, 5.74) is 6.36. The minimum Gasteiger partial charge on any atom is -0.491 e. The van der Waals surface area contributed by atoms with Gasteiger partial charge in [-0.25, -0.2) is 0 Å². The molecule has 0 atom stereocenters. The number of hydrogen-bond acceptors (Lipinski definition) is 14. The summed E-state index contributed by atoms with van der Waals surface area (Å²) in [6, 6.07) is 7.27. The number of benzene rings is 1. The van der Waals surface area contributed by atoms with E-state index in [0.717, 1.165) is 5.75 Å². The van der Waals surface area contributed by atoms with Crippen molar-refractivity contribution in [3.05, 3.63) is 24.3 Å². The van der Waals surface area contributed by atoms with Crippen molar-refractivity contribution in [3.63, 3.8) is 0 Å². The van der Waals surface area contributed by atoms with Gasteiger partial charge in [0.05, 0.1) is 152 Å². The van der Waals surface area contributed by atoms with Crippen LogP contribution in [-0.2, 0) is 56.5 Å². The Bertz CT molecular complexity index is 878. The molecule has 1 aromatic carbocycles. The third kappa shape index (κ3) is 30.7. The van der Waals surface area contributed by atoms with Gasteiger partial charge in [0.1, 0.15) is 12.4 Å². The molecule has 0 aliphatic heterocycles. The Balaban J connectivity index is 1.64. The van der Waals surface area contributed by atoms with E-state index in [4.69, 9.17) is 67.0 Å². The highest BCUT2D eigenvalue weighted by Crippen LogP contribution is 2.36. The van der Waals surface area contributed by atoms with E-state index in [1.807, 2.05) is 12.1 Å².